The molecule has 0 saturated carbocycles. The molecule has 2 fully saturated rings. The summed E-state index contributed by atoms with van der Waals surface area (Å²) in [6.07, 6.45) is 1.86. The Morgan fingerprint density at radius 3 is 2.52 bits per heavy atom. The molecule has 2 aliphatic rings. The first-order valence-corrected chi connectivity index (χ1v) is 12.1. The lowest BCUT2D eigenvalue weighted by Crippen LogP contribution is -2.42. The molecule has 2 aliphatic heterocycles. The van der Waals surface area contributed by atoms with Crippen molar-refractivity contribution in [2.75, 3.05) is 39.4 Å². The van der Waals surface area contributed by atoms with Crippen LogP contribution in [0, 0.1) is 13.8 Å². The molecule has 5 rings (SSSR count). The molecular weight excluding hydrogens is 430 g/mol. The monoisotopic (exact) mass is 461 g/mol. The quantitative estimate of drug-likeness (QED) is 0.564. The van der Waals surface area contributed by atoms with E-state index in [1.54, 1.807) is 0 Å². The van der Waals surface area contributed by atoms with Gasteiger partial charge in [-0.3, -0.25) is 9.88 Å². The largest absolute Gasteiger partial charge is 0.379 e. The van der Waals surface area contributed by atoms with Crippen molar-refractivity contribution in [3.05, 3.63) is 83.4 Å². The number of nitrogens with one attached hydrogen (secondary N) is 1. The van der Waals surface area contributed by atoms with Crippen LogP contribution in [0.5, 0.6) is 0 Å². The maximum absolute atomic E-state index is 5.87. The van der Waals surface area contributed by atoms with Gasteiger partial charge in [0, 0.05) is 49.5 Å². The zero-order chi connectivity index (χ0) is 22.8. The molecule has 0 amide bonds. The molecule has 7 heteroatoms. The second kappa shape index (κ2) is 9.63. The fourth-order valence-electron chi connectivity index (χ4n) is 5.12. The number of hydrogen-bond donors (Lipinski definition) is 1. The van der Waals surface area contributed by atoms with E-state index in [-0.39, 0.29) is 12.1 Å². The summed E-state index contributed by atoms with van der Waals surface area (Å²) in [6, 6.07) is 19.1. The highest BCUT2D eigenvalue weighted by Crippen LogP contribution is 2.41. The average Bonchev–Trinajstić information content (AvgIpc) is 3.34. The van der Waals surface area contributed by atoms with Gasteiger partial charge in [0.15, 0.2) is 5.11 Å². The molecule has 2 atom stereocenters. The van der Waals surface area contributed by atoms with Gasteiger partial charge < -0.3 is 19.5 Å². The van der Waals surface area contributed by atoms with Crippen LogP contribution in [0.1, 0.15) is 34.7 Å². The van der Waals surface area contributed by atoms with Crippen molar-refractivity contribution in [1.29, 1.82) is 0 Å². The fourth-order valence-corrected chi connectivity index (χ4v) is 5.45. The Hall–Kier alpha value is -2.74. The third-order valence-electron chi connectivity index (χ3n) is 6.76. The number of benzene rings is 1. The minimum absolute atomic E-state index is 0.00751. The molecule has 1 aromatic carbocycles. The summed E-state index contributed by atoms with van der Waals surface area (Å²) >= 11 is 5.87. The molecule has 33 heavy (non-hydrogen) atoms. The second-order valence-corrected chi connectivity index (χ2v) is 9.16. The van der Waals surface area contributed by atoms with Gasteiger partial charge in [0.1, 0.15) is 0 Å². The number of pyridine rings is 1. The van der Waals surface area contributed by atoms with E-state index in [9.17, 15) is 0 Å². The van der Waals surface area contributed by atoms with Crippen LogP contribution in [0.4, 0.5) is 0 Å². The molecule has 2 aromatic heterocycles. The molecule has 0 bridgehead atoms. The normalized spacial score (nSPS) is 21.4. The maximum atomic E-state index is 5.87. The number of aromatic nitrogens is 2. The van der Waals surface area contributed by atoms with Crippen molar-refractivity contribution in [3.8, 4) is 5.69 Å². The van der Waals surface area contributed by atoms with Crippen molar-refractivity contribution in [2.45, 2.75) is 25.9 Å². The predicted molar refractivity (Wildman–Crippen MR) is 135 cm³/mol. The van der Waals surface area contributed by atoms with E-state index in [0.29, 0.717) is 0 Å². The van der Waals surface area contributed by atoms with Crippen molar-refractivity contribution in [2.24, 2.45) is 0 Å². The lowest BCUT2D eigenvalue weighted by atomic mass is 9.96. The SMILES string of the molecule is Cc1cc([C@@H]2[C@@H](c3ccccn3)NC(=S)N2CCN2CCOCC2)c(C)n1-c1ccccc1. The average molecular weight is 462 g/mol. The fraction of sp³-hybridized carbons (Fsp3) is 0.385. The Bertz CT molecular complexity index is 1090. The van der Waals surface area contributed by atoms with Crippen LogP contribution in [0.25, 0.3) is 5.69 Å². The van der Waals surface area contributed by atoms with Crippen LogP contribution >= 0.6 is 12.2 Å². The summed E-state index contributed by atoms with van der Waals surface area (Å²) < 4.78 is 7.87. The van der Waals surface area contributed by atoms with Gasteiger partial charge in [-0.25, -0.2) is 0 Å². The van der Waals surface area contributed by atoms with Gasteiger partial charge in [0.05, 0.1) is 31.0 Å². The zero-order valence-corrected chi connectivity index (χ0v) is 20.1. The summed E-state index contributed by atoms with van der Waals surface area (Å²) in [5, 5.41) is 4.39. The first-order valence-electron chi connectivity index (χ1n) is 11.7. The number of thiocarbonyl (C=S) groups is 1. The van der Waals surface area contributed by atoms with E-state index in [4.69, 9.17) is 17.0 Å². The van der Waals surface area contributed by atoms with Crippen molar-refractivity contribution >= 4 is 17.3 Å². The van der Waals surface area contributed by atoms with Crippen molar-refractivity contribution in [1.82, 2.24) is 24.7 Å². The van der Waals surface area contributed by atoms with E-state index in [2.05, 4.69) is 81.0 Å². The summed E-state index contributed by atoms with van der Waals surface area (Å²) in [5.41, 5.74) is 5.96. The van der Waals surface area contributed by atoms with Crippen molar-refractivity contribution in [3.63, 3.8) is 0 Å². The third-order valence-corrected chi connectivity index (χ3v) is 7.11. The van der Waals surface area contributed by atoms with E-state index >= 15 is 0 Å². The van der Waals surface area contributed by atoms with Crippen LogP contribution in [-0.2, 0) is 4.74 Å². The topological polar surface area (TPSA) is 45.6 Å². The minimum Gasteiger partial charge on any atom is -0.379 e. The number of morpholine rings is 1. The molecule has 172 valence electrons. The van der Waals surface area contributed by atoms with Gasteiger partial charge in [-0.15, -0.1) is 0 Å². The lowest BCUT2D eigenvalue weighted by molar-refractivity contribution is 0.0350. The van der Waals surface area contributed by atoms with Crippen LogP contribution < -0.4 is 5.32 Å². The molecule has 1 N–H and O–H groups in total. The van der Waals surface area contributed by atoms with E-state index in [0.717, 1.165) is 50.2 Å². The predicted octanol–water partition coefficient (Wildman–Crippen LogP) is 3.79. The summed E-state index contributed by atoms with van der Waals surface area (Å²) in [4.78, 5) is 9.52. The molecule has 0 unspecified atom stereocenters. The lowest BCUT2D eigenvalue weighted by Gasteiger charge is -2.32. The van der Waals surface area contributed by atoms with Gasteiger partial charge in [0.25, 0.3) is 0 Å². The Labute approximate surface area is 201 Å². The molecule has 4 heterocycles. The van der Waals surface area contributed by atoms with Gasteiger partial charge in [-0.2, -0.15) is 0 Å². The summed E-state index contributed by atoms with van der Waals surface area (Å²) in [5.74, 6) is 0. The molecule has 3 aromatic rings. The highest BCUT2D eigenvalue weighted by Gasteiger charge is 2.41. The third kappa shape index (κ3) is 4.40. The number of para-hydroxylation sites is 1. The van der Waals surface area contributed by atoms with Crippen molar-refractivity contribution < 1.29 is 4.74 Å². The highest BCUT2D eigenvalue weighted by molar-refractivity contribution is 7.80. The van der Waals surface area contributed by atoms with E-state index < -0.39 is 0 Å². The van der Waals surface area contributed by atoms with Gasteiger partial charge in [-0.05, 0) is 62.0 Å². The molecule has 2 saturated heterocycles. The molecule has 0 radical (unpaired) electrons. The van der Waals surface area contributed by atoms with E-state index in [1.165, 1.54) is 22.6 Å². The summed E-state index contributed by atoms with van der Waals surface area (Å²) in [7, 11) is 0. The van der Waals surface area contributed by atoms with Crippen LogP contribution in [0.3, 0.4) is 0 Å². The standard InChI is InChI=1S/C26H31N5OS/c1-19-18-22(20(2)31(19)21-8-4-3-5-9-21)25-24(23-10-6-7-11-27-23)28-26(33)30(25)13-12-29-14-16-32-17-15-29/h3-11,18,24-25H,12-17H2,1-2H3,(H,28,33)/t24-,25-/m1/s1. The number of hydrogen-bond acceptors (Lipinski definition) is 4. The number of aryl methyl sites for hydroxylation is 1. The Balaban J connectivity index is 1.52. The molecule has 0 spiro atoms. The first-order chi connectivity index (χ1) is 16.1. The Morgan fingerprint density at radius 2 is 1.79 bits per heavy atom. The second-order valence-electron chi connectivity index (χ2n) is 8.77. The number of nitrogens with zero attached hydrogens (tertiary/aromatic N) is 4. The smallest absolute Gasteiger partial charge is 0.170 e. The molecule has 0 aliphatic carbocycles. The first kappa shape index (κ1) is 22.1. The Morgan fingerprint density at radius 1 is 1.03 bits per heavy atom. The highest BCUT2D eigenvalue weighted by atomic mass is 32.1. The van der Waals surface area contributed by atoms with Crippen LogP contribution in [0.15, 0.2) is 60.8 Å². The molecule has 6 nitrogen and oxygen atoms in total. The van der Waals surface area contributed by atoms with Gasteiger partial charge >= 0.3 is 0 Å². The minimum atomic E-state index is 0.00751. The van der Waals surface area contributed by atoms with Gasteiger partial charge in [0.2, 0.25) is 0 Å². The molecular formula is C26H31N5OS. The van der Waals surface area contributed by atoms with Gasteiger partial charge in [-0.1, -0.05) is 24.3 Å². The number of ether oxygens (including phenoxy) is 1. The summed E-state index contributed by atoms with van der Waals surface area (Å²) in [6.45, 7) is 9.80. The van der Waals surface area contributed by atoms with E-state index in [1.807, 2.05) is 18.3 Å². The Kier molecular flexibility index (Phi) is 6.44. The zero-order valence-electron chi connectivity index (χ0n) is 19.3. The maximum Gasteiger partial charge on any atom is 0.170 e. The van der Waals surface area contributed by atoms with Crippen LogP contribution in [0.2, 0.25) is 0 Å². The number of rotatable bonds is 6. The van der Waals surface area contributed by atoms with Crippen LogP contribution in [-0.4, -0.2) is 63.9 Å².